The Bertz CT molecular complexity index is 1710. The fraction of sp³-hybridized carbons (Fsp3) is 0.367. The van der Waals surface area contributed by atoms with E-state index in [-0.39, 0.29) is 17.7 Å². The van der Waals surface area contributed by atoms with E-state index >= 15 is 0 Å². The van der Waals surface area contributed by atoms with E-state index in [0.717, 1.165) is 0 Å². The van der Waals surface area contributed by atoms with Gasteiger partial charge in [-0.1, -0.05) is 17.2 Å². The summed E-state index contributed by atoms with van der Waals surface area (Å²) in [4.78, 5) is 43.7. The van der Waals surface area contributed by atoms with Crippen LogP contribution in [0.1, 0.15) is 60.4 Å². The average Bonchev–Trinajstić information content (AvgIpc) is 3.35. The number of hydrogen-bond donors (Lipinski definition) is 2. The molecule has 1 fully saturated rings. The number of aromatic amines is 1. The van der Waals surface area contributed by atoms with Gasteiger partial charge in [0.05, 0.1) is 35.3 Å². The summed E-state index contributed by atoms with van der Waals surface area (Å²) in [5, 5.41) is 22.7. The minimum Gasteiger partial charge on any atom is -0.451 e. The second kappa shape index (κ2) is 12.3. The topological polar surface area (TPSA) is 177 Å². The van der Waals surface area contributed by atoms with E-state index in [4.69, 9.17) is 4.74 Å². The van der Waals surface area contributed by atoms with Gasteiger partial charge in [-0.3, -0.25) is 14.4 Å². The zero-order chi connectivity index (χ0) is 31.5. The summed E-state index contributed by atoms with van der Waals surface area (Å²) in [6, 6.07) is 10.6. The molecular formula is C30H31FN8O4. The monoisotopic (exact) mass is 586 g/mol. The van der Waals surface area contributed by atoms with Crippen molar-refractivity contribution in [3.05, 3.63) is 97.5 Å². The molecule has 4 rings (SSSR count). The Hall–Kier alpha value is -5.21. The highest BCUT2D eigenvalue weighted by Gasteiger charge is 2.51. The van der Waals surface area contributed by atoms with Crippen LogP contribution in [0.25, 0.3) is 10.4 Å². The lowest BCUT2D eigenvalue weighted by molar-refractivity contribution is -0.137. The summed E-state index contributed by atoms with van der Waals surface area (Å²) in [7, 11) is 0. The zero-order valence-corrected chi connectivity index (χ0v) is 24.3. The highest BCUT2D eigenvalue weighted by atomic mass is 19.1. The molecule has 2 amide bonds. The predicted octanol–water partition coefficient (Wildman–Crippen LogP) is 5.01. The van der Waals surface area contributed by atoms with E-state index in [1.807, 2.05) is 0 Å². The second-order valence-corrected chi connectivity index (χ2v) is 11.1. The third-order valence-corrected chi connectivity index (χ3v) is 7.50. The van der Waals surface area contributed by atoms with E-state index in [1.165, 1.54) is 42.2 Å². The van der Waals surface area contributed by atoms with Crippen LogP contribution in [0.15, 0.2) is 58.4 Å². The fourth-order valence-electron chi connectivity index (χ4n) is 5.25. The molecule has 1 aliphatic rings. The van der Waals surface area contributed by atoms with Crippen molar-refractivity contribution >= 4 is 11.8 Å². The van der Waals surface area contributed by atoms with Crippen LogP contribution in [-0.4, -0.2) is 45.0 Å². The van der Waals surface area contributed by atoms with Gasteiger partial charge in [0.15, 0.2) is 5.75 Å². The van der Waals surface area contributed by atoms with E-state index in [9.17, 15) is 29.6 Å². The molecule has 1 saturated heterocycles. The number of amides is 2. The second-order valence-electron chi connectivity index (χ2n) is 11.1. The summed E-state index contributed by atoms with van der Waals surface area (Å²) in [5.74, 6) is -1.18. The van der Waals surface area contributed by atoms with Crippen LogP contribution in [0.5, 0.6) is 11.5 Å². The maximum Gasteiger partial charge on any atom is 0.307 e. The number of nitriles is 1. The number of carbonyl (C=O) groups is 2. The van der Waals surface area contributed by atoms with Gasteiger partial charge in [-0.25, -0.2) is 9.49 Å². The molecule has 3 aromatic rings. The predicted molar refractivity (Wildman–Crippen MR) is 154 cm³/mol. The minimum atomic E-state index is -1.06. The van der Waals surface area contributed by atoms with E-state index < -0.39 is 52.8 Å². The Kier molecular flexibility index (Phi) is 8.82. The smallest absolute Gasteiger partial charge is 0.307 e. The molecule has 12 nitrogen and oxygen atoms in total. The third kappa shape index (κ3) is 6.50. The number of azide groups is 1. The molecule has 1 aromatic heterocycles. The lowest BCUT2D eigenvalue weighted by Gasteiger charge is -2.38. The first-order valence-electron chi connectivity index (χ1n) is 13.5. The van der Waals surface area contributed by atoms with Gasteiger partial charge in [0.25, 0.3) is 5.91 Å². The Morgan fingerprint density at radius 1 is 1.26 bits per heavy atom. The summed E-state index contributed by atoms with van der Waals surface area (Å²) in [5.41, 5.74) is 9.49. The van der Waals surface area contributed by atoms with E-state index in [0.29, 0.717) is 22.6 Å². The van der Waals surface area contributed by atoms with Crippen LogP contribution in [0.2, 0.25) is 0 Å². The Morgan fingerprint density at radius 2 is 2.00 bits per heavy atom. The molecule has 222 valence electrons. The fourth-order valence-corrected chi connectivity index (χ4v) is 5.25. The Balaban J connectivity index is 1.60. The van der Waals surface area contributed by atoms with Crippen molar-refractivity contribution in [2.24, 2.45) is 10.5 Å². The molecule has 0 saturated carbocycles. The maximum atomic E-state index is 14.3. The highest BCUT2D eigenvalue weighted by Crippen LogP contribution is 2.45. The molecular weight excluding hydrogens is 555 g/mol. The molecule has 43 heavy (non-hydrogen) atoms. The van der Waals surface area contributed by atoms with Gasteiger partial charge >= 0.3 is 5.56 Å². The first kappa shape index (κ1) is 30.7. The van der Waals surface area contributed by atoms with Gasteiger partial charge < -0.3 is 15.0 Å². The quantitative estimate of drug-likeness (QED) is 0.213. The Labute approximate surface area is 247 Å². The number of carbonyl (C=O) groups excluding carboxylic acids is 2. The van der Waals surface area contributed by atoms with Crippen molar-refractivity contribution in [2.75, 3.05) is 0 Å². The summed E-state index contributed by atoms with van der Waals surface area (Å²) >= 11 is 0. The van der Waals surface area contributed by atoms with Crippen LogP contribution in [0.3, 0.4) is 0 Å². The SMILES string of the molecule is Cc1cc(Oc2ccc(C(=O)N[C@H](C)C(=O)N3[C@H](c4cccc(F)c4)[C@@H](N=[N+]=[N-])C[C@@H]3C(C)(C)C#N)cc2C)c(=O)[nH]n1. The highest BCUT2D eigenvalue weighted by molar-refractivity contribution is 5.98. The van der Waals surface area contributed by atoms with Crippen LogP contribution in [0.4, 0.5) is 4.39 Å². The molecule has 0 spiro atoms. The summed E-state index contributed by atoms with van der Waals surface area (Å²) in [6.07, 6.45) is 0.179. The van der Waals surface area contributed by atoms with Crippen molar-refractivity contribution in [1.82, 2.24) is 20.4 Å². The molecule has 4 atom stereocenters. The van der Waals surface area contributed by atoms with Crippen molar-refractivity contribution in [3.63, 3.8) is 0 Å². The lowest BCUT2D eigenvalue weighted by atomic mass is 9.84. The first-order valence-corrected chi connectivity index (χ1v) is 13.5. The number of nitrogens with one attached hydrogen (secondary N) is 2. The number of benzene rings is 2. The van der Waals surface area contributed by atoms with Gasteiger partial charge in [0.1, 0.15) is 17.6 Å². The number of hydrogen-bond acceptors (Lipinski definition) is 7. The number of ether oxygens (including phenoxy) is 1. The van der Waals surface area contributed by atoms with Crippen molar-refractivity contribution in [2.45, 2.75) is 65.2 Å². The molecule has 2 heterocycles. The minimum absolute atomic E-state index is 0.0550. The van der Waals surface area contributed by atoms with Crippen molar-refractivity contribution < 1.29 is 18.7 Å². The molecule has 1 aliphatic heterocycles. The molecule has 0 radical (unpaired) electrons. The lowest BCUT2D eigenvalue weighted by Crippen LogP contribution is -2.52. The van der Waals surface area contributed by atoms with Gasteiger partial charge in [-0.2, -0.15) is 10.4 Å². The van der Waals surface area contributed by atoms with E-state index in [2.05, 4.69) is 31.6 Å². The van der Waals surface area contributed by atoms with Crippen molar-refractivity contribution in [3.8, 4) is 17.6 Å². The Morgan fingerprint density at radius 3 is 2.65 bits per heavy atom. The molecule has 13 heteroatoms. The molecule has 2 aromatic carbocycles. The van der Waals surface area contributed by atoms with Crippen LogP contribution in [0, 0.1) is 36.4 Å². The molecule has 0 aliphatic carbocycles. The largest absolute Gasteiger partial charge is 0.451 e. The molecule has 0 bridgehead atoms. The normalized spacial score (nSPS) is 18.7. The number of aryl methyl sites for hydroxylation is 2. The van der Waals surface area contributed by atoms with Crippen LogP contribution >= 0.6 is 0 Å². The third-order valence-electron chi connectivity index (χ3n) is 7.50. The summed E-state index contributed by atoms with van der Waals surface area (Å²) < 4.78 is 20.0. The van der Waals surface area contributed by atoms with Crippen molar-refractivity contribution in [1.29, 1.82) is 5.26 Å². The zero-order valence-electron chi connectivity index (χ0n) is 24.3. The van der Waals surface area contributed by atoms with Gasteiger partial charge in [0.2, 0.25) is 5.91 Å². The van der Waals surface area contributed by atoms with E-state index in [1.54, 1.807) is 45.9 Å². The van der Waals surface area contributed by atoms with Gasteiger partial charge in [-0.15, -0.1) is 0 Å². The number of likely N-dealkylation sites (tertiary alicyclic amines) is 1. The number of rotatable bonds is 8. The molecule has 0 unspecified atom stereocenters. The van der Waals surface area contributed by atoms with Gasteiger partial charge in [0, 0.05) is 16.5 Å². The number of nitrogens with zero attached hydrogens (tertiary/aromatic N) is 6. The standard InChI is InChI=1S/C30H31FN8O4/c1-16-11-20(9-10-23(16)43-24-12-17(2)35-37-28(24)41)27(40)34-18(3)29(42)39-25(30(4,5)15-32)14-22(36-38-33)26(39)19-7-6-8-21(31)13-19/h6-13,18,22,25-26H,14H2,1-5H3,(H,34,40)(H,37,41)/t18-,22+,25-,26-/m1/s1. The average molecular weight is 587 g/mol. The number of H-pyrrole nitrogens is 1. The maximum absolute atomic E-state index is 14.3. The number of aromatic nitrogens is 2. The molecule has 2 N–H and O–H groups in total. The van der Waals surface area contributed by atoms with Crippen LogP contribution < -0.4 is 15.6 Å². The van der Waals surface area contributed by atoms with Gasteiger partial charge in [-0.05, 0) is 88.0 Å². The number of halogens is 1. The first-order chi connectivity index (χ1) is 20.4. The summed E-state index contributed by atoms with van der Waals surface area (Å²) in [6.45, 7) is 8.28. The van der Waals surface area contributed by atoms with Crippen LogP contribution in [-0.2, 0) is 4.79 Å².